The fourth-order valence-corrected chi connectivity index (χ4v) is 2.37. The molecule has 0 saturated carbocycles. The minimum absolute atomic E-state index is 0.190. The first-order valence-corrected chi connectivity index (χ1v) is 6.78. The van der Waals surface area contributed by atoms with Gasteiger partial charge in [0.25, 0.3) is 5.91 Å². The quantitative estimate of drug-likeness (QED) is 0.613. The smallest absolute Gasteiger partial charge is 0.255 e. The molecule has 0 aliphatic rings. The highest BCUT2D eigenvalue weighted by atomic mass is 127. The molecule has 1 aromatic carbocycles. The van der Waals surface area contributed by atoms with Crippen LogP contribution in [0.3, 0.4) is 0 Å². The Kier molecular flexibility index (Phi) is 4.42. The number of carbonyl (C=O) groups excluding carboxylic acids is 1. The zero-order chi connectivity index (χ0) is 13.1. The van der Waals surface area contributed by atoms with Crippen LogP contribution in [0, 0.1) is 3.57 Å². The van der Waals surface area contributed by atoms with E-state index < -0.39 is 0 Å². The van der Waals surface area contributed by atoms with E-state index in [1.165, 1.54) is 12.1 Å². The topological polar surface area (TPSA) is 42.0 Å². The number of aromatic nitrogens is 1. The lowest BCUT2D eigenvalue weighted by atomic mass is 10.2. The fourth-order valence-electron chi connectivity index (χ4n) is 1.37. The number of amides is 1. The predicted octanol–water partition coefficient (Wildman–Crippen LogP) is 4.25. The Morgan fingerprint density at radius 3 is 2.44 bits per heavy atom. The molecule has 0 fully saturated rings. The highest BCUT2D eigenvalue weighted by Gasteiger charge is 2.09. The van der Waals surface area contributed by atoms with Crippen molar-refractivity contribution in [1.29, 1.82) is 0 Å². The molecule has 0 atom stereocenters. The van der Waals surface area contributed by atoms with E-state index in [0.29, 0.717) is 5.56 Å². The van der Waals surface area contributed by atoms with E-state index in [-0.39, 0.29) is 16.2 Å². The molecular formula is C12H7Cl2IN2O. The molecule has 2 rings (SSSR count). The van der Waals surface area contributed by atoms with Gasteiger partial charge in [-0.25, -0.2) is 4.98 Å². The summed E-state index contributed by atoms with van der Waals surface area (Å²) in [6, 6.07) is 10.4. The third-order valence-electron chi connectivity index (χ3n) is 2.11. The van der Waals surface area contributed by atoms with Gasteiger partial charge in [0.05, 0.1) is 0 Å². The SMILES string of the molecule is O=C(Nc1cccc(I)c1)c1cc(Cl)nc(Cl)c1. The summed E-state index contributed by atoms with van der Waals surface area (Å²) >= 11 is 13.7. The molecular weight excluding hydrogens is 386 g/mol. The van der Waals surface area contributed by atoms with E-state index >= 15 is 0 Å². The van der Waals surface area contributed by atoms with Crippen molar-refractivity contribution in [1.82, 2.24) is 4.98 Å². The van der Waals surface area contributed by atoms with E-state index in [1.807, 2.05) is 24.3 Å². The lowest BCUT2D eigenvalue weighted by molar-refractivity contribution is 0.102. The molecule has 1 heterocycles. The summed E-state index contributed by atoms with van der Waals surface area (Å²) in [5.74, 6) is -0.275. The van der Waals surface area contributed by atoms with Crippen LogP contribution in [-0.4, -0.2) is 10.9 Å². The van der Waals surface area contributed by atoms with Gasteiger partial charge in [0.1, 0.15) is 10.3 Å². The van der Waals surface area contributed by atoms with Gasteiger partial charge in [0, 0.05) is 14.8 Å². The second-order valence-corrected chi connectivity index (χ2v) is 5.49. The highest BCUT2D eigenvalue weighted by Crippen LogP contribution is 2.17. The first kappa shape index (κ1) is 13.6. The monoisotopic (exact) mass is 392 g/mol. The average molecular weight is 393 g/mol. The molecule has 0 radical (unpaired) electrons. The molecule has 0 bridgehead atoms. The normalized spacial score (nSPS) is 10.2. The zero-order valence-corrected chi connectivity index (χ0v) is 12.6. The number of hydrogen-bond donors (Lipinski definition) is 1. The maximum absolute atomic E-state index is 12.0. The Morgan fingerprint density at radius 1 is 1.17 bits per heavy atom. The van der Waals surface area contributed by atoms with Gasteiger partial charge in [0.2, 0.25) is 0 Å². The molecule has 0 saturated heterocycles. The van der Waals surface area contributed by atoms with Crippen molar-refractivity contribution in [2.45, 2.75) is 0 Å². The van der Waals surface area contributed by atoms with Crippen molar-refractivity contribution in [2.24, 2.45) is 0 Å². The van der Waals surface area contributed by atoms with Gasteiger partial charge in [0.15, 0.2) is 0 Å². The number of nitrogens with one attached hydrogen (secondary N) is 1. The summed E-state index contributed by atoms with van der Waals surface area (Å²) < 4.78 is 1.04. The third-order valence-corrected chi connectivity index (χ3v) is 3.17. The van der Waals surface area contributed by atoms with Crippen molar-refractivity contribution in [3.63, 3.8) is 0 Å². The van der Waals surface area contributed by atoms with Crippen LogP contribution in [0.2, 0.25) is 10.3 Å². The maximum Gasteiger partial charge on any atom is 0.255 e. The fraction of sp³-hybridized carbons (Fsp3) is 0. The molecule has 6 heteroatoms. The van der Waals surface area contributed by atoms with Crippen LogP contribution >= 0.6 is 45.8 Å². The first-order chi connectivity index (χ1) is 8.54. The van der Waals surface area contributed by atoms with Gasteiger partial charge < -0.3 is 5.32 Å². The summed E-state index contributed by atoms with van der Waals surface area (Å²) in [6.07, 6.45) is 0. The maximum atomic E-state index is 12.0. The van der Waals surface area contributed by atoms with Crippen LogP contribution < -0.4 is 5.32 Å². The van der Waals surface area contributed by atoms with Crippen molar-refractivity contribution in [2.75, 3.05) is 5.32 Å². The van der Waals surface area contributed by atoms with Crippen LogP contribution in [0.15, 0.2) is 36.4 Å². The number of hydrogen-bond acceptors (Lipinski definition) is 2. The van der Waals surface area contributed by atoms with Crippen LogP contribution in [0.1, 0.15) is 10.4 Å². The number of carbonyl (C=O) groups is 1. The molecule has 1 aromatic heterocycles. The molecule has 0 spiro atoms. The van der Waals surface area contributed by atoms with E-state index in [9.17, 15) is 4.79 Å². The van der Waals surface area contributed by atoms with Crippen LogP contribution in [0.25, 0.3) is 0 Å². The van der Waals surface area contributed by atoms with Gasteiger partial charge in [-0.3, -0.25) is 4.79 Å². The van der Waals surface area contributed by atoms with E-state index in [4.69, 9.17) is 23.2 Å². The second kappa shape index (κ2) is 5.86. The molecule has 92 valence electrons. The Morgan fingerprint density at radius 2 is 1.83 bits per heavy atom. The van der Waals surface area contributed by atoms with Crippen LogP contribution in [0.5, 0.6) is 0 Å². The molecule has 18 heavy (non-hydrogen) atoms. The lowest BCUT2D eigenvalue weighted by Gasteiger charge is -2.06. The Balaban J connectivity index is 2.22. The van der Waals surface area contributed by atoms with Gasteiger partial charge in [-0.2, -0.15) is 0 Å². The van der Waals surface area contributed by atoms with Crippen molar-refractivity contribution >= 4 is 57.4 Å². The van der Waals surface area contributed by atoms with Crippen molar-refractivity contribution < 1.29 is 4.79 Å². The van der Waals surface area contributed by atoms with Gasteiger partial charge in [-0.15, -0.1) is 0 Å². The number of halogens is 3. The van der Waals surface area contributed by atoms with Gasteiger partial charge >= 0.3 is 0 Å². The predicted molar refractivity (Wildman–Crippen MR) is 81.4 cm³/mol. The summed E-state index contributed by atoms with van der Waals surface area (Å²) in [5.41, 5.74) is 1.09. The number of rotatable bonds is 2. The largest absolute Gasteiger partial charge is 0.322 e. The molecule has 1 amide bonds. The summed E-state index contributed by atoms with van der Waals surface area (Å²) in [6.45, 7) is 0. The minimum atomic E-state index is -0.275. The van der Waals surface area contributed by atoms with E-state index in [1.54, 1.807) is 0 Å². The standard InChI is InChI=1S/C12H7Cl2IN2O/c13-10-4-7(5-11(14)17-10)12(18)16-9-3-1-2-8(15)6-9/h1-6H,(H,16,18). The summed E-state index contributed by atoms with van der Waals surface area (Å²) in [7, 11) is 0. The average Bonchev–Trinajstić information content (AvgIpc) is 2.27. The summed E-state index contributed by atoms with van der Waals surface area (Å²) in [4.78, 5) is 15.8. The molecule has 1 N–H and O–H groups in total. The number of benzene rings is 1. The van der Waals surface area contributed by atoms with Crippen molar-refractivity contribution in [3.05, 3.63) is 55.8 Å². The number of pyridine rings is 1. The van der Waals surface area contributed by atoms with Gasteiger partial charge in [-0.05, 0) is 52.9 Å². The third kappa shape index (κ3) is 3.57. The Labute approximate surface area is 128 Å². The first-order valence-electron chi connectivity index (χ1n) is 4.94. The number of nitrogens with zero attached hydrogens (tertiary/aromatic N) is 1. The lowest BCUT2D eigenvalue weighted by Crippen LogP contribution is -2.12. The van der Waals surface area contributed by atoms with Crippen molar-refractivity contribution in [3.8, 4) is 0 Å². The van der Waals surface area contributed by atoms with E-state index in [2.05, 4.69) is 32.9 Å². The van der Waals surface area contributed by atoms with Gasteiger partial charge in [-0.1, -0.05) is 29.3 Å². The Bertz CT molecular complexity index is 584. The zero-order valence-electron chi connectivity index (χ0n) is 8.95. The molecule has 0 aliphatic heterocycles. The summed E-state index contributed by atoms with van der Waals surface area (Å²) in [5, 5.41) is 3.14. The molecule has 2 aromatic rings. The number of anilines is 1. The van der Waals surface area contributed by atoms with Crippen LogP contribution in [0.4, 0.5) is 5.69 Å². The molecule has 0 unspecified atom stereocenters. The highest BCUT2D eigenvalue weighted by molar-refractivity contribution is 14.1. The van der Waals surface area contributed by atoms with Crippen LogP contribution in [-0.2, 0) is 0 Å². The Hall–Kier alpha value is -0.850. The molecule has 3 nitrogen and oxygen atoms in total. The second-order valence-electron chi connectivity index (χ2n) is 3.47. The van der Waals surface area contributed by atoms with E-state index in [0.717, 1.165) is 9.26 Å². The molecule has 0 aliphatic carbocycles. The minimum Gasteiger partial charge on any atom is -0.322 e.